The van der Waals surface area contributed by atoms with Gasteiger partial charge in [-0.05, 0) is 59.4 Å². The highest BCUT2D eigenvalue weighted by Crippen LogP contribution is 2.31. The Morgan fingerprint density at radius 2 is 1.64 bits per heavy atom. The van der Waals surface area contributed by atoms with Crippen LogP contribution in [0.4, 0.5) is 11.4 Å². The van der Waals surface area contributed by atoms with E-state index in [1.165, 1.54) is 5.56 Å². The van der Waals surface area contributed by atoms with Crippen LogP contribution in [0.5, 0.6) is 0 Å². The highest BCUT2D eigenvalue weighted by atomic mass is 35.5. The Balaban J connectivity index is 1.33. The fourth-order valence-electron chi connectivity index (χ4n) is 4.58. The molecule has 6 nitrogen and oxygen atoms in total. The Bertz CT molecular complexity index is 1390. The average molecular weight is 500 g/mol. The molecule has 0 aliphatic carbocycles. The summed E-state index contributed by atoms with van der Waals surface area (Å²) in [6.45, 7) is 5.35. The van der Waals surface area contributed by atoms with E-state index in [4.69, 9.17) is 11.6 Å². The summed E-state index contributed by atoms with van der Waals surface area (Å²) < 4.78 is 0. The fraction of sp³-hybridized carbons (Fsp3) is 0.207. The Labute approximate surface area is 215 Å². The number of nitrogens with zero attached hydrogens (tertiary/aromatic N) is 2. The molecule has 0 atom stereocenters. The molecule has 3 amide bonds. The van der Waals surface area contributed by atoms with E-state index in [0.717, 1.165) is 22.4 Å². The third kappa shape index (κ3) is 4.40. The highest BCUT2D eigenvalue weighted by Gasteiger charge is 2.39. The molecule has 0 bridgehead atoms. The molecule has 36 heavy (non-hydrogen) atoms. The van der Waals surface area contributed by atoms with Crippen molar-refractivity contribution in [2.75, 3.05) is 16.8 Å². The number of anilines is 2. The third-order valence-electron chi connectivity index (χ3n) is 6.64. The lowest BCUT2D eigenvalue weighted by molar-refractivity contribution is -0.120. The van der Waals surface area contributed by atoms with E-state index >= 15 is 0 Å². The Hall–Kier alpha value is -3.90. The predicted molar refractivity (Wildman–Crippen MR) is 141 cm³/mol. The monoisotopic (exact) mass is 499 g/mol. The minimum absolute atomic E-state index is 0.00824. The summed E-state index contributed by atoms with van der Waals surface area (Å²) in [4.78, 5) is 42.1. The fourth-order valence-corrected chi connectivity index (χ4v) is 4.79. The lowest BCUT2D eigenvalue weighted by Crippen LogP contribution is -2.36. The number of imide groups is 1. The van der Waals surface area contributed by atoms with Gasteiger partial charge in [-0.3, -0.25) is 14.4 Å². The van der Waals surface area contributed by atoms with Gasteiger partial charge in [-0.15, -0.1) is 0 Å². The summed E-state index contributed by atoms with van der Waals surface area (Å²) in [5.74, 6) is -0.876. The molecular formula is C29H26ClN3O3. The summed E-state index contributed by atoms with van der Waals surface area (Å²) in [6.07, 6.45) is 0.812. The lowest BCUT2D eigenvalue weighted by atomic mass is 9.99. The van der Waals surface area contributed by atoms with E-state index < -0.39 is 11.8 Å². The number of carbonyl (C=O) groups excluding carboxylic acids is 3. The second-order valence-corrected chi connectivity index (χ2v) is 9.71. The van der Waals surface area contributed by atoms with Crippen LogP contribution in [0.15, 0.2) is 83.5 Å². The van der Waals surface area contributed by atoms with Crippen LogP contribution in [0.1, 0.15) is 46.8 Å². The number of halogens is 1. The van der Waals surface area contributed by atoms with Crippen molar-refractivity contribution in [2.45, 2.75) is 32.7 Å². The standard InChI is InChI=1S/C29H26ClN3O3/c1-18(2)19-10-12-24(13-11-19)33-28(35)25(30)26(29(33)36)31-23-9-5-8-21(16-23)27(34)32-15-14-20-6-3-4-7-22(20)17-32/h3-13,16,18,31H,14-15,17H2,1-2H3. The van der Waals surface area contributed by atoms with E-state index in [1.54, 1.807) is 36.4 Å². The maximum absolute atomic E-state index is 13.2. The highest BCUT2D eigenvalue weighted by molar-refractivity contribution is 6.53. The average Bonchev–Trinajstić information content (AvgIpc) is 3.11. The summed E-state index contributed by atoms with van der Waals surface area (Å²) in [5.41, 5.74) is 4.98. The van der Waals surface area contributed by atoms with E-state index in [9.17, 15) is 14.4 Å². The van der Waals surface area contributed by atoms with Crippen LogP contribution in [0.3, 0.4) is 0 Å². The number of nitrogens with one attached hydrogen (secondary N) is 1. The molecule has 0 saturated heterocycles. The van der Waals surface area contributed by atoms with Gasteiger partial charge in [0.25, 0.3) is 17.7 Å². The molecule has 7 heteroatoms. The van der Waals surface area contributed by atoms with Gasteiger partial charge in [-0.25, -0.2) is 4.90 Å². The van der Waals surface area contributed by atoms with Gasteiger partial charge >= 0.3 is 0 Å². The Morgan fingerprint density at radius 3 is 2.36 bits per heavy atom. The first-order chi connectivity index (χ1) is 17.3. The van der Waals surface area contributed by atoms with Crippen LogP contribution in [0.2, 0.25) is 0 Å². The maximum Gasteiger partial charge on any atom is 0.283 e. The molecule has 0 saturated carbocycles. The van der Waals surface area contributed by atoms with Crippen molar-refractivity contribution in [3.8, 4) is 0 Å². The molecule has 2 heterocycles. The SMILES string of the molecule is CC(C)c1ccc(N2C(=O)C(Cl)=C(Nc3cccc(C(=O)N4CCc5ccccc5C4)c3)C2=O)cc1. The van der Waals surface area contributed by atoms with Crippen molar-refractivity contribution in [2.24, 2.45) is 0 Å². The van der Waals surface area contributed by atoms with E-state index in [-0.39, 0.29) is 16.6 Å². The number of benzene rings is 3. The Kier molecular flexibility index (Phi) is 6.37. The van der Waals surface area contributed by atoms with Crippen LogP contribution in [-0.2, 0) is 22.6 Å². The van der Waals surface area contributed by atoms with Crippen molar-refractivity contribution in [3.63, 3.8) is 0 Å². The summed E-state index contributed by atoms with van der Waals surface area (Å²) in [7, 11) is 0. The first-order valence-corrected chi connectivity index (χ1v) is 12.3. The topological polar surface area (TPSA) is 69.7 Å². The van der Waals surface area contributed by atoms with E-state index in [2.05, 4.69) is 25.2 Å². The van der Waals surface area contributed by atoms with Gasteiger partial charge in [0.05, 0.1) is 5.69 Å². The molecule has 0 spiro atoms. The first kappa shape index (κ1) is 23.8. The molecule has 0 fully saturated rings. The molecule has 3 aromatic carbocycles. The number of hydrogen-bond acceptors (Lipinski definition) is 4. The van der Waals surface area contributed by atoms with E-state index in [1.807, 2.05) is 35.2 Å². The number of fused-ring (bicyclic) bond motifs is 1. The lowest BCUT2D eigenvalue weighted by Gasteiger charge is -2.29. The van der Waals surface area contributed by atoms with Crippen LogP contribution in [-0.4, -0.2) is 29.2 Å². The molecule has 182 valence electrons. The van der Waals surface area contributed by atoms with Gasteiger partial charge in [-0.2, -0.15) is 0 Å². The van der Waals surface area contributed by atoms with Crippen LogP contribution < -0.4 is 10.2 Å². The van der Waals surface area contributed by atoms with Gasteiger partial charge in [0.2, 0.25) is 0 Å². The van der Waals surface area contributed by atoms with Crippen molar-refractivity contribution in [1.82, 2.24) is 4.90 Å². The zero-order chi connectivity index (χ0) is 25.4. The van der Waals surface area contributed by atoms with Crippen LogP contribution in [0.25, 0.3) is 0 Å². The van der Waals surface area contributed by atoms with Crippen LogP contribution >= 0.6 is 11.6 Å². The second-order valence-electron chi connectivity index (χ2n) is 9.33. The van der Waals surface area contributed by atoms with Gasteiger partial charge in [0.1, 0.15) is 10.7 Å². The third-order valence-corrected chi connectivity index (χ3v) is 6.99. The van der Waals surface area contributed by atoms with Crippen LogP contribution in [0, 0.1) is 0 Å². The molecular weight excluding hydrogens is 474 g/mol. The molecule has 1 N–H and O–H groups in total. The molecule has 2 aliphatic heterocycles. The zero-order valence-corrected chi connectivity index (χ0v) is 20.9. The van der Waals surface area contributed by atoms with Crippen molar-refractivity contribution < 1.29 is 14.4 Å². The number of hydrogen-bond donors (Lipinski definition) is 1. The van der Waals surface area contributed by atoms with Gasteiger partial charge in [0.15, 0.2) is 0 Å². The quantitative estimate of drug-likeness (QED) is 0.474. The smallest absolute Gasteiger partial charge is 0.283 e. The van der Waals surface area contributed by atoms with Gasteiger partial charge in [-0.1, -0.05) is 67.9 Å². The second kappa shape index (κ2) is 9.63. The number of amides is 3. The molecule has 3 aromatic rings. The normalized spacial score (nSPS) is 15.6. The first-order valence-electron chi connectivity index (χ1n) is 11.9. The van der Waals surface area contributed by atoms with E-state index in [0.29, 0.717) is 35.9 Å². The van der Waals surface area contributed by atoms with Crippen molar-refractivity contribution >= 4 is 40.7 Å². The maximum atomic E-state index is 13.2. The molecule has 0 radical (unpaired) electrons. The molecule has 5 rings (SSSR count). The van der Waals surface area contributed by atoms with Crippen molar-refractivity contribution in [1.29, 1.82) is 0 Å². The Morgan fingerprint density at radius 1 is 0.917 bits per heavy atom. The number of rotatable bonds is 5. The number of carbonyl (C=O) groups is 3. The summed E-state index contributed by atoms with van der Waals surface area (Å²) >= 11 is 6.30. The molecule has 0 unspecified atom stereocenters. The largest absolute Gasteiger partial charge is 0.350 e. The molecule has 0 aromatic heterocycles. The minimum atomic E-state index is -0.583. The van der Waals surface area contributed by atoms with Gasteiger partial charge in [0, 0.05) is 24.3 Å². The van der Waals surface area contributed by atoms with Crippen molar-refractivity contribution in [3.05, 3.63) is 106 Å². The summed E-state index contributed by atoms with van der Waals surface area (Å²) in [5, 5.41) is 2.80. The molecule has 2 aliphatic rings. The summed E-state index contributed by atoms with van der Waals surface area (Å²) in [6, 6.07) is 22.3. The zero-order valence-electron chi connectivity index (χ0n) is 20.1. The predicted octanol–water partition coefficient (Wildman–Crippen LogP) is 5.44. The van der Waals surface area contributed by atoms with Gasteiger partial charge < -0.3 is 10.2 Å². The minimum Gasteiger partial charge on any atom is -0.350 e.